The SMILES string of the molecule is C/C=C/CCCCCCOC(=O)c1cccc(S(=O)(=O)[O-])c1C(=O)OCCCCCC/C=C/C.C/C=C/CCCCCCOC(=O)c1cccc(S(=O)(=O)[O-])c1C(=O)OCCCCCC/C=C/C.[Ca+2]. The van der Waals surface area contributed by atoms with Crippen LogP contribution in [0, 0.1) is 0 Å². The van der Waals surface area contributed by atoms with Crippen molar-refractivity contribution < 1.29 is 64.1 Å². The van der Waals surface area contributed by atoms with Gasteiger partial charge in [0.05, 0.1) is 58.5 Å². The van der Waals surface area contributed by atoms with Gasteiger partial charge in [-0.25, -0.2) is 36.0 Å². The van der Waals surface area contributed by atoms with Crippen molar-refractivity contribution >= 4 is 81.9 Å². The summed E-state index contributed by atoms with van der Waals surface area (Å²) in [5.74, 6) is -3.73. The molecule has 0 N–H and O–H groups in total. The van der Waals surface area contributed by atoms with E-state index in [9.17, 15) is 45.1 Å². The Balaban J connectivity index is 0.00000132. The fraction of sp³-hybridized carbons (Fsp3) is 0.538. The molecule has 0 aliphatic carbocycles. The fourth-order valence-corrected chi connectivity index (χ4v) is 8.11. The minimum absolute atomic E-state index is 0. The van der Waals surface area contributed by atoms with Gasteiger partial charge < -0.3 is 28.1 Å². The van der Waals surface area contributed by atoms with Crippen molar-refractivity contribution in [2.24, 2.45) is 0 Å². The summed E-state index contributed by atoms with van der Waals surface area (Å²) in [5.41, 5.74) is -1.66. The minimum Gasteiger partial charge on any atom is -0.744 e. The second kappa shape index (κ2) is 40.0. The number of carbonyl (C=O) groups is 4. The zero-order valence-corrected chi connectivity index (χ0v) is 45.1. The normalized spacial score (nSPS) is 11.7. The Morgan fingerprint density at radius 1 is 0.406 bits per heavy atom. The summed E-state index contributed by atoms with van der Waals surface area (Å²) < 4.78 is 91.2. The summed E-state index contributed by atoms with van der Waals surface area (Å²) in [4.78, 5) is 48.9. The molecule has 0 aromatic heterocycles. The molecule has 0 saturated carbocycles. The summed E-state index contributed by atoms with van der Waals surface area (Å²) >= 11 is 0. The van der Waals surface area contributed by atoms with Crippen LogP contribution in [0.15, 0.2) is 94.8 Å². The molecule has 0 spiro atoms. The van der Waals surface area contributed by atoms with Crippen molar-refractivity contribution in [1.82, 2.24) is 0 Å². The fourth-order valence-electron chi connectivity index (χ4n) is 6.74. The summed E-state index contributed by atoms with van der Waals surface area (Å²) in [6.07, 6.45) is 34.4. The minimum atomic E-state index is -4.99. The third-order valence-electron chi connectivity index (χ3n) is 10.4. The molecule has 17 heteroatoms. The van der Waals surface area contributed by atoms with E-state index in [1.54, 1.807) is 0 Å². The molecule has 0 unspecified atom stereocenters. The van der Waals surface area contributed by atoms with Gasteiger partial charge in [0.25, 0.3) is 0 Å². The molecule has 2 rings (SSSR count). The van der Waals surface area contributed by atoms with Crippen LogP contribution < -0.4 is 0 Å². The average molecular weight is 1030 g/mol. The number of ether oxygens (including phenoxy) is 4. The molecular weight excluding hydrogens is 953 g/mol. The van der Waals surface area contributed by atoms with E-state index in [4.69, 9.17) is 18.9 Å². The van der Waals surface area contributed by atoms with Gasteiger partial charge >= 0.3 is 61.6 Å². The molecule has 0 heterocycles. The Morgan fingerprint density at radius 2 is 0.652 bits per heavy atom. The zero-order valence-electron chi connectivity index (χ0n) is 41.3. The molecule has 0 aliphatic rings. The largest absolute Gasteiger partial charge is 2.00 e. The van der Waals surface area contributed by atoms with Gasteiger partial charge in [0.1, 0.15) is 20.2 Å². The van der Waals surface area contributed by atoms with Crippen LogP contribution in [0.4, 0.5) is 0 Å². The van der Waals surface area contributed by atoms with Crippen LogP contribution in [0.2, 0.25) is 0 Å². The Bertz CT molecular complexity index is 1990. The predicted octanol–water partition coefficient (Wildman–Crippen LogP) is 11.5. The van der Waals surface area contributed by atoms with E-state index < -0.39 is 65.0 Å². The molecule has 0 radical (unpaired) electrons. The van der Waals surface area contributed by atoms with Crippen molar-refractivity contribution in [1.29, 1.82) is 0 Å². The monoisotopic (exact) mass is 1030 g/mol. The third kappa shape index (κ3) is 29.3. The maximum absolute atomic E-state index is 12.7. The summed E-state index contributed by atoms with van der Waals surface area (Å²) in [5, 5.41) is 0. The van der Waals surface area contributed by atoms with Crippen LogP contribution in [0.3, 0.4) is 0 Å². The van der Waals surface area contributed by atoms with Gasteiger partial charge in [-0.2, -0.15) is 0 Å². The van der Waals surface area contributed by atoms with Gasteiger partial charge in [-0.1, -0.05) is 112 Å². The number of carbonyl (C=O) groups excluding carboxylic acids is 4. The number of esters is 4. The molecule has 0 aliphatic heterocycles. The first kappa shape index (κ1) is 65.4. The van der Waals surface area contributed by atoms with Crippen LogP contribution in [0.5, 0.6) is 0 Å². The van der Waals surface area contributed by atoms with Crippen LogP contribution >= 0.6 is 0 Å². The summed E-state index contributed by atoms with van der Waals surface area (Å²) in [6.45, 7) is 8.30. The molecule has 0 fully saturated rings. The van der Waals surface area contributed by atoms with Crippen LogP contribution in [0.1, 0.15) is 198 Å². The van der Waals surface area contributed by atoms with Crippen LogP contribution in [-0.4, -0.2) is 114 Å². The van der Waals surface area contributed by atoms with Gasteiger partial charge in [-0.05, 0) is 129 Å². The maximum atomic E-state index is 12.7. The predicted molar refractivity (Wildman–Crippen MR) is 267 cm³/mol. The second-order valence-corrected chi connectivity index (χ2v) is 18.6. The molecule has 0 bridgehead atoms. The molecule has 69 heavy (non-hydrogen) atoms. The van der Waals surface area contributed by atoms with Crippen molar-refractivity contribution in [2.75, 3.05) is 26.4 Å². The van der Waals surface area contributed by atoms with Gasteiger partial charge in [0.15, 0.2) is 0 Å². The van der Waals surface area contributed by atoms with Gasteiger partial charge in [-0.3, -0.25) is 0 Å². The van der Waals surface area contributed by atoms with Gasteiger partial charge in [0.2, 0.25) is 0 Å². The van der Waals surface area contributed by atoms with Gasteiger partial charge in [-0.15, -0.1) is 0 Å². The molecule has 0 atom stereocenters. The van der Waals surface area contributed by atoms with E-state index >= 15 is 0 Å². The van der Waals surface area contributed by atoms with E-state index in [2.05, 4.69) is 24.3 Å². The Labute approximate surface area is 442 Å². The Hall–Kier alpha value is -3.64. The maximum Gasteiger partial charge on any atom is 2.00 e. The van der Waals surface area contributed by atoms with Crippen molar-refractivity contribution in [3.05, 3.63) is 107 Å². The molecular formula is C52H74CaO14S2. The first-order valence-electron chi connectivity index (χ1n) is 24.0. The average Bonchev–Trinajstić information content (AvgIpc) is 3.31. The number of hydrogen-bond donors (Lipinski definition) is 0. The first-order chi connectivity index (χ1) is 32.6. The van der Waals surface area contributed by atoms with Crippen molar-refractivity contribution in [3.63, 3.8) is 0 Å². The molecule has 2 aromatic carbocycles. The number of hydrogen-bond acceptors (Lipinski definition) is 14. The molecule has 14 nitrogen and oxygen atoms in total. The van der Waals surface area contributed by atoms with Crippen molar-refractivity contribution in [3.8, 4) is 0 Å². The van der Waals surface area contributed by atoms with E-state index in [-0.39, 0.29) is 75.3 Å². The number of unbranched alkanes of at least 4 members (excludes halogenated alkanes) is 16. The Morgan fingerprint density at radius 3 is 0.899 bits per heavy atom. The van der Waals surface area contributed by atoms with E-state index in [0.29, 0.717) is 25.7 Å². The van der Waals surface area contributed by atoms with E-state index in [0.717, 1.165) is 115 Å². The molecule has 2 aromatic rings. The van der Waals surface area contributed by atoms with Crippen LogP contribution in [0.25, 0.3) is 0 Å². The summed E-state index contributed by atoms with van der Waals surface area (Å²) in [7, 11) is -9.99. The smallest absolute Gasteiger partial charge is 0.744 e. The van der Waals surface area contributed by atoms with Crippen LogP contribution in [-0.2, 0) is 39.2 Å². The molecule has 380 valence electrons. The topological polar surface area (TPSA) is 220 Å². The van der Waals surface area contributed by atoms with E-state index in [1.165, 1.54) is 24.3 Å². The zero-order chi connectivity index (χ0) is 50.5. The number of rotatable bonds is 34. The Kier molecular flexibility index (Phi) is 37.9. The number of benzene rings is 2. The first-order valence-corrected chi connectivity index (χ1v) is 26.8. The standard InChI is InChI=1S/2C26H38O7S.Ca/c2*1-3-5-7-9-11-13-15-20-32-25(27)22-18-17-19-23(34(29,30)31)24(22)26(28)33-21-16-14-12-10-8-6-4-2;/h2*3-6,17-19H,7-16,20-21H2,1-2H3,(H,29,30,31);/q;;+2/p-2/b2*5-3+,6-4+;. The molecule has 0 amide bonds. The quantitative estimate of drug-likeness (QED) is 0.0159. The van der Waals surface area contributed by atoms with Crippen molar-refractivity contribution in [2.45, 2.75) is 166 Å². The molecule has 0 saturated heterocycles. The van der Waals surface area contributed by atoms with Gasteiger partial charge in [0, 0.05) is 0 Å². The number of allylic oxidation sites excluding steroid dienone is 8. The summed E-state index contributed by atoms with van der Waals surface area (Å²) in [6, 6.07) is 7.02. The second-order valence-electron chi connectivity index (χ2n) is 15.9. The third-order valence-corrected chi connectivity index (χ3v) is 12.1. The van der Waals surface area contributed by atoms with E-state index in [1.807, 2.05) is 52.0 Å².